The van der Waals surface area contributed by atoms with Crippen molar-refractivity contribution in [2.75, 3.05) is 12.3 Å². The van der Waals surface area contributed by atoms with Crippen LogP contribution in [0.5, 0.6) is 0 Å². The molecule has 1 aromatic carbocycles. The molecule has 0 aliphatic carbocycles. The summed E-state index contributed by atoms with van der Waals surface area (Å²) in [5, 5.41) is 3.15. The van der Waals surface area contributed by atoms with Crippen LogP contribution >= 0.6 is 23.4 Å². The first-order valence-corrected chi connectivity index (χ1v) is 7.50. The molecule has 1 N–H and O–H groups in total. The Morgan fingerprint density at radius 2 is 2.00 bits per heavy atom. The van der Waals surface area contributed by atoms with E-state index in [2.05, 4.69) is 5.32 Å². The molecule has 2 heterocycles. The van der Waals surface area contributed by atoms with Gasteiger partial charge in [-0.15, -0.1) is 11.8 Å². The fraction of sp³-hybridized carbons (Fsp3) is 0.385. The second kappa shape index (κ2) is 5.15. The standard InChI is InChI=1S/C13H13ClN2O2S/c14-8-1-3-9(4-2-8)19-7-11-13(18)15-12(17)10-5-6-16(10)11/h1-4,10-11H,5-7H2,(H,15,17,18). The van der Waals surface area contributed by atoms with Crippen LogP contribution in [-0.2, 0) is 9.59 Å². The minimum absolute atomic E-state index is 0.103. The number of nitrogens with zero attached hydrogens (tertiary/aromatic N) is 1. The first-order valence-electron chi connectivity index (χ1n) is 6.14. The highest BCUT2D eigenvalue weighted by Crippen LogP contribution is 2.29. The lowest BCUT2D eigenvalue weighted by Gasteiger charge is -2.47. The van der Waals surface area contributed by atoms with Crippen LogP contribution in [0.25, 0.3) is 0 Å². The number of carbonyl (C=O) groups is 2. The third-order valence-corrected chi connectivity index (χ3v) is 4.87. The van der Waals surface area contributed by atoms with E-state index in [1.807, 2.05) is 29.2 Å². The van der Waals surface area contributed by atoms with Gasteiger partial charge in [-0.05, 0) is 30.7 Å². The maximum Gasteiger partial charge on any atom is 0.244 e. The van der Waals surface area contributed by atoms with Crippen molar-refractivity contribution in [2.45, 2.75) is 23.4 Å². The molecule has 19 heavy (non-hydrogen) atoms. The Bertz CT molecular complexity index is 520. The topological polar surface area (TPSA) is 49.4 Å². The molecule has 2 aliphatic rings. The van der Waals surface area contributed by atoms with Gasteiger partial charge in [-0.1, -0.05) is 11.6 Å². The van der Waals surface area contributed by atoms with Gasteiger partial charge in [-0.2, -0.15) is 0 Å². The quantitative estimate of drug-likeness (QED) is 0.679. The zero-order valence-corrected chi connectivity index (χ0v) is 11.7. The average molecular weight is 297 g/mol. The molecular formula is C13H13ClN2O2S. The Morgan fingerprint density at radius 1 is 1.26 bits per heavy atom. The van der Waals surface area contributed by atoms with Crippen LogP contribution in [0.3, 0.4) is 0 Å². The summed E-state index contributed by atoms with van der Waals surface area (Å²) in [6.07, 6.45) is 0.848. The lowest BCUT2D eigenvalue weighted by atomic mass is 9.96. The van der Waals surface area contributed by atoms with Gasteiger partial charge >= 0.3 is 0 Å². The Kier molecular flexibility index (Phi) is 3.52. The van der Waals surface area contributed by atoms with Gasteiger partial charge in [-0.25, -0.2) is 0 Å². The van der Waals surface area contributed by atoms with Crippen molar-refractivity contribution >= 4 is 35.2 Å². The van der Waals surface area contributed by atoms with Gasteiger partial charge < -0.3 is 0 Å². The molecule has 0 radical (unpaired) electrons. The number of piperazine rings is 1. The molecule has 2 fully saturated rings. The number of fused-ring (bicyclic) bond motifs is 1. The van der Waals surface area contributed by atoms with Crippen LogP contribution in [-0.4, -0.2) is 41.1 Å². The monoisotopic (exact) mass is 296 g/mol. The van der Waals surface area contributed by atoms with Crippen LogP contribution in [0.4, 0.5) is 0 Å². The number of thioether (sulfide) groups is 1. The van der Waals surface area contributed by atoms with E-state index < -0.39 is 0 Å². The maximum atomic E-state index is 11.9. The molecule has 0 bridgehead atoms. The first kappa shape index (κ1) is 13.0. The highest BCUT2D eigenvalue weighted by Gasteiger charge is 2.46. The number of halogens is 1. The number of imide groups is 1. The zero-order chi connectivity index (χ0) is 13.4. The third-order valence-electron chi connectivity index (χ3n) is 3.53. The predicted molar refractivity (Wildman–Crippen MR) is 74.2 cm³/mol. The molecule has 2 unspecified atom stereocenters. The van der Waals surface area contributed by atoms with Crippen molar-refractivity contribution in [3.05, 3.63) is 29.3 Å². The number of rotatable bonds is 3. The minimum Gasteiger partial charge on any atom is -0.294 e. The van der Waals surface area contributed by atoms with E-state index in [9.17, 15) is 9.59 Å². The summed E-state index contributed by atoms with van der Waals surface area (Å²) >= 11 is 7.44. The van der Waals surface area contributed by atoms with Crippen LogP contribution < -0.4 is 5.32 Å². The van der Waals surface area contributed by atoms with E-state index >= 15 is 0 Å². The SMILES string of the molecule is O=C1NC(=O)C(CSc2ccc(Cl)cc2)N2CCC12. The van der Waals surface area contributed by atoms with E-state index in [1.165, 1.54) is 0 Å². The molecule has 6 heteroatoms. The normalized spacial score (nSPS) is 26.6. The highest BCUT2D eigenvalue weighted by molar-refractivity contribution is 7.99. The van der Waals surface area contributed by atoms with E-state index in [1.54, 1.807) is 11.8 Å². The van der Waals surface area contributed by atoms with Gasteiger partial charge in [0.15, 0.2) is 0 Å². The lowest BCUT2D eigenvalue weighted by Crippen LogP contribution is -2.69. The summed E-state index contributed by atoms with van der Waals surface area (Å²) in [4.78, 5) is 26.5. The van der Waals surface area contributed by atoms with Gasteiger partial charge in [0.2, 0.25) is 11.8 Å². The largest absolute Gasteiger partial charge is 0.294 e. The van der Waals surface area contributed by atoms with Gasteiger partial charge in [0.05, 0.1) is 12.1 Å². The van der Waals surface area contributed by atoms with Crippen molar-refractivity contribution in [3.8, 4) is 0 Å². The first-order chi connectivity index (χ1) is 9.15. The molecule has 0 saturated carbocycles. The highest BCUT2D eigenvalue weighted by atomic mass is 35.5. The van der Waals surface area contributed by atoms with Gasteiger partial charge in [0, 0.05) is 22.2 Å². The smallest absolute Gasteiger partial charge is 0.244 e. The number of carbonyl (C=O) groups excluding carboxylic acids is 2. The van der Waals surface area contributed by atoms with E-state index in [0.29, 0.717) is 10.8 Å². The minimum atomic E-state index is -0.211. The molecule has 2 saturated heterocycles. The van der Waals surface area contributed by atoms with E-state index in [-0.39, 0.29) is 23.9 Å². The van der Waals surface area contributed by atoms with E-state index in [0.717, 1.165) is 17.9 Å². The summed E-state index contributed by atoms with van der Waals surface area (Å²) in [6, 6.07) is 7.23. The molecule has 100 valence electrons. The van der Waals surface area contributed by atoms with Crippen LogP contribution in [0.2, 0.25) is 5.02 Å². The number of benzene rings is 1. The zero-order valence-electron chi connectivity index (χ0n) is 10.1. The Morgan fingerprint density at radius 3 is 2.63 bits per heavy atom. The molecule has 1 aromatic rings. The van der Waals surface area contributed by atoms with Crippen molar-refractivity contribution in [1.82, 2.24) is 10.2 Å². The molecular weight excluding hydrogens is 284 g/mol. The van der Waals surface area contributed by atoms with Crippen LogP contribution in [0.15, 0.2) is 29.2 Å². The summed E-state index contributed by atoms with van der Waals surface area (Å²) in [5.41, 5.74) is 0. The van der Waals surface area contributed by atoms with Crippen LogP contribution in [0.1, 0.15) is 6.42 Å². The fourth-order valence-corrected chi connectivity index (χ4v) is 3.53. The molecule has 0 aromatic heterocycles. The van der Waals surface area contributed by atoms with Crippen molar-refractivity contribution < 1.29 is 9.59 Å². The molecule has 0 spiro atoms. The third kappa shape index (κ3) is 2.50. The second-order valence-corrected chi connectivity index (χ2v) is 6.21. The summed E-state index contributed by atoms with van der Waals surface area (Å²) in [5.74, 6) is 0.323. The van der Waals surface area contributed by atoms with Crippen molar-refractivity contribution in [2.24, 2.45) is 0 Å². The Hall–Kier alpha value is -1.04. The number of hydrogen-bond acceptors (Lipinski definition) is 4. The lowest BCUT2D eigenvalue weighted by molar-refractivity contribution is -0.149. The number of hydrogen-bond donors (Lipinski definition) is 1. The Labute approximate surface area is 120 Å². The summed E-state index contributed by atoms with van der Waals surface area (Å²) < 4.78 is 0. The Balaban J connectivity index is 1.64. The second-order valence-electron chi connectivity index (χ2n) is 4.68. The number of nitrogens with one attached hydrogen (secondary N) is 1. The molecule has 2 atom stereocenters. The molecule has 2 amide bonds. The average Bonchev–Trinajstić information content (AvgIpc) is 2.33. The summed E-state index contributed by atoms with van der Waals surface area (Å²) in [6.45, 7) is 0.829. The van der Waals surface area contributed by atoms with Crippen LogP contribution in [0, 0.1) is 0 Å². The van der Waals surface area contributed by atoms with E-state index in [4.69, 9.17) is 11.6 Å². The molecule has 4 nitrogen and oxygen atoms in total. The van der Waals surface area contributed by atoms with Crippen molar-refractivity contribution in [3.63, 3.8) is 0 Å². The van der Waals surface area contributed by atoms with Gasteiger partial charge in [-0.3, -0.25) is 19.8 Å². The maximum absolute atomic E-state index is 11.9. The molecule has 2 aliphatic heterocycles. The summed E-state index contributed by atoms with van der Waals surface area (Å²) in [7, 11) is 0. The molecule has 3 rings (SSSR count). The van der Waals surface area contributed by atoms with Gasteiger partial charge in [0.25, 0.3) is 0 Å². The number of amides is 2. The van der Waals surface area contributed by atoms with Gasteiger partial charge in [0.1, 0.15) is 0 Å². The predicted octanol–water partition coefficient (Wildman–Crippen LogP) is 1.53. The fourth-order valence-electron chi connectivity index (χ4n) is 2.38. The van der Waals surface area contributed by atoms with Crippen molar-refractivity contribution in [1.29, 1.82) is 0 Å².